The first-order chi connectivity index (χ1) is 6.45. The van der Waals surface area contributed by atoms with E-state index in [4.69, 9.17) is 15.6 Å². The number of aromatic hydroxyl groups is 2. The third-order valence-corrected chi connectivity index (χ3v) is 1.80. The van der Waals surface area contributed by atoms with Gasteiger partial charge in [0.1, 0.15) is 5.71 Å². The molecule has 4 nitrogen and oxygen atoms in total. The van der Waals surface area contributed by atoms with E-state index in [1.807, 2.05) is 0 Å². The maximum atomic E-state index is 13.1. The normalized spacial score (nSPS) is 9.86. The Morgan fingerprint density at radius 3 is 2.50 bits per heavy atom. The van der Waals surface area contributed by atoms with E-state index in [1.165, 1.54) is 0 Å². The molecule has 0 amide bonds. The van der Waals surface area contributed by atoms with Crippen LogP contribution < -0.4 is 0 Å². The molecule has 0 fully saturated rings. The predicted octanol–water partition coefficient (Wildman–Crippen LogP) is 1.06. The molecular weight excluding hydrogens is 209 g/mol. The number of hydrogen-bond donors (Lipinski definition) is 4. The zero-order valence-electron chi connectivity index (χ0n) is 6.78. The van der Waals surface area contributed by atoms with Crippen LogP contribution in [0, 0.1) is 11.2 Å². The number of nitrogens with one attached hydrogen (secondary N) is 1. The Bertz CT molecular complexity index is 419. The van der Waals surface area contributed by atoms with Gasteiger partial charge in [0.2, 0.25) is 5.12 Å². The highest BCUT2D eigenvalue weighted by Gasteiger charge is 2.17. The maximum absolute atomic E-state index is 13.1. The van der Waals surface area contributed by atoms with Gasteiger partial charge in [0, 0.05) is 5.56 Å². The Kier molecular flexibility index (Phi) is 2.76. The van der Waals surface area contributed by atoms with Crippen LogP contribution in [0.3, 0.4) is 0 Å². The smallest absolute Gasteiger partial charge is 0.234 e. The molecule has 14 heavy (non-hydrogen) atoms. The van der Waals surface area contributed by atoms with Crippen LogP contribution in [-0.4, -0.2) is 21.0 Å². The van der Waals surface area contributed by atoms with Gasteiger partial charge in [-0.15, -0.1) is 0 Å². The molecule has 0 heterocycles. The molecule has 0 aliphatic rings. The summed E-state index contributed by atoms with van der Waals surface area (Å²) in [5.41, 5.74) is -1.08. The first kappa shape index (κ1) is 10.5. The molecule has 6 heteroatoms. The van der Waals surface area contributed by atoms with Crippen LogP contribution in [0.2, 0.25) is 0 Å². The van der Waals surface area contributed by atoms with Crippen LogP contribution in [0.1, 0.15) is 5.56 Å². The average Bonchev–Trinajstić information content (AvgIpc) is 2.13. The van der Waals surface area contributed by atoms with Gasteiger partial charge >= 0.3 is 0 Å². The monoisotopic (exact) mass is 215 g/mol. The highest BCUT2D eigenvalue weighted by molar-refractivity contribution is 7.99. The number of benzene rings is 1. The van der Waals surface area contributed by atoms with E-state index < -0.39 is 33.7 Å². The minimum absolute atomic E-state index is 0.403. The van der Waals surface area contributed by atoms with Crippen molar-refractivity contribution in [1.29, 1.82) is 5.41 Å². The van der Waals surface area contributed by atoms with Crippen LogP contribution in [0.5, 0.6) is 11.5 Å². The zero-order chi connectivity index (χ0) is 10.9. The Labute approximate surface area is 83.9 Å². The van der Waals surface area contributed by atoms with Crippen molar-refractivity contribution in [2.45, 2.75) is 0 Å². The summed E-state index contributed by atoms with van der Waals surface area (Å²) in [6, 6.07) is 2.00. The molecule has 74 valence electrons. The SMILES string of the molecule is N=C(C(=O)S)c1ccc(O)c(O)c1F. The Morgan fingerprint density at radius 1 is 1.43 bits per heavy atom. The summed E-state index contributed by atoms with van der Waals surface area (Å²) >= 11 is 3.34. The van der Waals surface area contributed by atoms with E-state index in [9.17, 15) is 9.18 Å². The van der Waals surface area contributed by atoms with Gasteiger partial charge in [-0.05, 0) is 12.1 Å². The van der Waals surface area contributed by atoms with Gasteiger partial charge < -0.3 is 10.2 Å². The topological polar surface area (TPSA) is 81.4 Å². The van der Waals surface area contributed by atoms with Crippen molar-refractivity contribution in [3.63, 3.8) is 0 Å². The average molecular weight is 215 g/mol. The summed E-state index contributed by atoms with van der Waals surface area (Å²) < 4.78 is 13.1. The van der Waals surface area contributed by atoms with Gasteiger partial charge in [0.25, 0.3) is 0 Å². The summed E-state index contributed by atoms with van der Waals surface area (Å²) in [5, 5.41) is 24.1. The predicted molar refractivity (Wildman–Crippen MR) is 50.6 cm³/mol. The fourth-order valence-corrected chi connectivity index (χ4v) is 0.983. The molecule has 0 atom stereocenters. The van der Waals surface area contributed by atoms with Gasteiger partial charge in [-0.25, -0.2) is 4.39 Å². The maximum Gasteiger partial charge on any atom is 0.234 e. The van der Waals surface area contributed by atoms with Gasteiger partial charge in [-0.1, -0.05) is 12.6 Å². The van der Waals surface area contributed by atoms with Crippen molar-refractivity contribution in [3.8, 4) is 11.5 Å². The highest BCUT2D eigenvalue weighted by atomic mass is 32.1. The van der Waals surface area contributed by atoms with Gasteiger partial charge in [-0.2, -0.15) is 0 Å². The van der Waals surface area contributed by atoms with Crippen molar-refractivity contribution >= 4 is 23.5 Å². The summed E-state index contributed by atoms with van der Waals surface area (Å²) in [4.78, 5) is 10.6. The second-order valence-electron chi connectivity index (χ2n) is 2.47. The van der Waals surface area contributed by atoms with Crippen LogP contribution in [0.15, 0.2) is 12.1 Å². The number of phenols is 2. The molecule has 0 aliphatic carbocycles. The Balaban J connectivity index is 3.31. The molecule has 0 aliphatic heterocycles. The lowest BCUT2D eigenvalue weighted by molar-refractivity contribution is -0.105. The van der Waals surface area contributed by atoms with Gasteiger partial charge in [0.05, 0.1) is 0 Å². The second-order valence-corrected chi connectivity index (χ2v) is 2.88. The molecule has 0 radical (unpaired) electrons. The first-order valence-corrected chi connectivity index (χ1v) is 3.92. The summed E-state index contributed by atoms with van der Waals surface area (Å²) in [5.74, 6) is -2.84. The van der Waals surface area contributed by atoms with Crippen LogP contribution >= 0.6 is 12.6 Å². The van der Waals surface area contributed by atoms with Crippen molar-refractivity contribution in [3.05, 3.63) is 23.5 Å². The summed E-state index contributed by atoms with van der Waals surface area (Å²) in [6.07, 6.45) is 0. The Morgan fingerprint density at radius 2 is 2.00 bits per heavy atom. The molecule has 0 saturated carbocycles. The van der Waals surface area contributed by atoms with Crippen molar-refractivity contribution in [2.75, 3.05) is 0 Å². The fraction of sp³-hybridized carbons (Fsp3) is 0. The lowest BCUT2D eigenvalue weighted by Gasteiger charge is -2.04. The number of hydrogen-bond acceptors (Lipinski definition) is 4. The lowest BCUT2D eigenvalue weighted by atomic mass is 10.1. The van der Waals surface area contributed by atoms with Crippen LogP contribution in [0.4, 0.5) is 4.39 Å². The van der Waals surface area contributed by atoms with E-state index in [-0.39, 0.29) is 0 Å². The van der Waals surface area contributed by atoms with E-state index in [0.29, 0.717) is 0 Å². The number of thiol groups is 1. The van der Waals surface area contributed by atoms with E-state index in [0.717, 1.165) is 12.1 Å². The molecule has 1 rings (SSSR count). The van der Waals surface area contributed by atoms with Crippen molar-refractivity contribution < 1.29 is 19.4 Å². The van der Waals surface area contributed by atoms with E-state index >= 15 is 0 Å². The molecule has 0 saturated heterocycles. The number of phenolic OH excluding ortho intramolecular Hbond substituents is 2. The highest BCUT2D eigenvalue weighted by Crippen LogP contribution is 2.29. The lowest BCUT2D eigenvalue weighted by Crippen LogP contribution is -2.09. The second kappa shape index (κ2) is 3.67. The molecule has 1 aromatic rings. The van der Waals surface area contributed by atoms with E-state index in [2.05, 4.69) is 12.6 Å². The zero-order valence-corrected chi connectivity index (χ0v) is 7.68. The molecule has 0 unspecified atom stereocenters. The minimum Gasteiger partial charge on any atom is -0.504 e. The van der Waals surface area contributed by atoms with Crippen LogP contribution in [0.25, 0.3) is 0 Å². The largest absolute Gasteiger partial charge is 0.504 e. The third-order valence-electron chi connectivity index (χ3n) is 1.58. The fourth-order valence-electron chi connectivity index (χ4n) is 0.863. The summed E-state index contributed by atoms with van der Waals surface area (Å²) in [6.45, 7) is 0. The van der Waals surface area contributed by atoms with Crippen molar-refractivity contribution in [1.82, 2.24) is 0 Å². The Hall–Kier alpha value is -1.56. The molecule has 0 spiro atoms. The van der Waals surface area contributed by atoms with Crippen LogP contribution in [-0.2, 0) is 4.79 Å². The quantitative estimate of drug-likeness (QED) is 0.338. The molecular formula is C8H6FNO3S. The van der Waals surface area contributed by atoms with E-state index in [1.54, 1.807) is 0 Å². The van der Waals surface area contributed by atoms with Gasteiger partial charge in [-0.3, -0.25) is 10.2 Å². The number of carbonyl (C=O) groups excluding carboxylic acids is 1. The van der Waals surface area contributed by atoms with Gasteiger partial charge in [0.15, 0.2) is 17.3 Å². The molecule has 1 aromatic carbocycles. The number of halogens is 1. The van der Waals surface area contributed by atoms with Crippen molar-refractivity contribution in [2.24, 2.45) is 0 Å². The molecule has 3 N–H and O–H groups in total. The number of rotatable bonds is 2. The molecule has 0 aromatic heterocycles. The standard InChI is InChI=1S/C8H6FNO3S/c9-5-3(6(10)8(13)14)1-2-4(11)7(5)12/h1-2,10-12H,(H,13,14). The number of carbonyl (C=O) groups is 1. The third kappa shape index (κ3) is 1.69. The molecule has 0 bridgehead atoms. The summed E-state index contributed by atoms with van der Waals surface area (Å²) in [7, 11) is 0. The first-order valence-electron chi connectivity index (χ1n) is 3.47. The minimum atomic E-state index is -1.21.